The van der Waals surface area contributed by atoms with E-state index in [1.807, 2.05) is 23.6 Å². The molecule has 118 valence electrons. The van der Waals surface area contributed by atoms with Crippen molar-refractivity contribution in [2.75, 3.05) is 0 Å². The molecular formula is C21H14N3S+. The van der Waals surface area contributed by atoms with Gasteiger partial charge in [0.05, 0.1) is 10.3 Å². The number of aromatic nitrogens is 3. The highest BCUT2D eigenvalue weighted by molar-refractivity contribution is 7.25. The highest BCUT2D eigenvalue weighted by atomic mass is 32.1. The molecule has 6 rings (SSSR count). The van der Waals surface area contributed by atoms with Crippen LogP contribution in [0.25, 0.3) is 37.6 Å². The van der Waals surface area contributed by atoms with Crippen LogP contribution in [0.15, 0.2) is 72.9 Å². The second kappa shape index (κ2) is 4.77. The minimum atomic E-state index is 0.925. The molecule has 2 aromatic carbocycles. The zero-order valence-electron chi connectivity index (χ0n) is 13.4. The topological polar surface area (TPSA) is 21.7 Å². The molecule has 0 radical (unpaired) electrons. The number of para-hydroxylation sites is 1. The number of benzene rings is 2. The van der Waals surface area contributed by atoms with Gasteiger partial charge in [-0.3, -0.25) is 4.98 Å². The number of rotatable bonds is 1. The van der Waals surface area contributed by atoms with E-state index in [-0.39, 0.29) is 0 Å². The number of hydrogen-bond donors (Lipinski definition) is 0. The minimum absolute atomic E-state index is 0.925. The van der Waals surface area contributed by atoms with Crippen LogP contribution in [0.3, 0.4) is 0 Å². The lowest BCUT2D eigenvalue weighted by atomic mass is 10.1. The van der Waals surface area contributed by atoms with Gasteiger partial charge in [-0.1, -0.05) is 47.7 Å². The van der Waals surface area contributed by atoms with Crippen molar-refractivity contribution in [1.29, 1.82) is 0 Å². The van der Waals surface area contributed by atoms with Crippen LogP contribution in [0, 0.1) is 0 Å². The monoisotopic (exact) mass is 340 g/mol. The molecule has 1 aliphatic heterocycles. The predicted molar refractivity (Wildman–Crippen MR) is 101 cm³/mol. The average Bonchev–Trinajstić information content (AvgIpc) is 3.30. The van der Waals surface area contributed by atoms with E-state index in [0.29, 0.717) is 0 Å². The Hall–Kier alpha value is -2.98. The molecule has 0 aliphatic carbocycles. The first-order valence-electron chi connectivity index (χ1n) is 8.37. The highest BCUT2D eigenvalue weighted by Gasteiger charge is 2.37. The van der Waals surface area contributed by atoms with Crippen LogP contribution in [-0.2, 0) is 6.54 Å². The van der Waals surface area contributed by atoms with Gasteiger partial charge >= 0.3 is 0 Å². The fraction of sp³-hybridized carbons (Fsp3) is 0.0476. The molecule has 0 bridgehead atoms. The molecule has 0 saturated carbocycles. The third kappa shape index (κ3) is 1.69. The molecule has 0 saturated heterocycles. The highest BCUT2D eigenvalue weighted by Crippen LogP contribution is 2.39. The summed E-state index contributed by atoms with van der Waals surface area (Å²) in [5.74, 6) is 1.26. The molecule has 4 heteroatoms. The van der Waals surface area contributed by atoms with Crippen molar-refractivity contribution in [3.63, 3.8) is 0 Å². The van der Waals surface area contributed by atoms with Crippen LogP contribution in [-0.4, -0.2) is 9.55 Å². The van der Waals surface area contributed by atoms with Gasteiger partial charge in [-0.05, 0) is 30.3 Å². The van der Waals surface area contributed by atoms with Gasteiger partial charge < -0.3 is 0 Å². The molecule has 0 N–H and O–H groups in total. The largest absolute Gasteiger partial charge is 0.296 e. The van der Waals surface area contributed by atoms with Crippen LogP contribution in [0.5, 0.6) is 0 Å². The maximum Gasteiger partial charge on any atom is 0.296 e. The lowest BCUT2D eigenvalue weighted by Crippen LogP contribution is -2.30. The van der Waals surface area contributed by atoms with Crippen molar-refractivity contribution in [3.8, 4) is 17.1 Å². The van der Waals surface area contributed by atoms with Crippen LogP contribution >= 0.6 is 11.3 Å². The Morgan fingerprint density at radius 3 is 2.68 bits per heavy atom. The van der Waals surface area contributed by atoms with Crippen LogP contribution < -0.4 is 4.57 Å². The van der Waals surface area contributed by atoms with E-state index in [2.05, 4.69) is 69.8 Å². The van der Waals surface area contributed by atoms with Gasteiger partial charge in [0, 0.05) is 11.8 Å². The van der Waals surface area contributed by atoms with Gasteiger partial charge in [0.15, 0.2) is 0 Å². The van der Waals surface area contributed by atoms with E-state index in [0.717, 1.165) is 12.1 Å². The van der Waals surface area contributed by atoms with Crippen LogP contribution in [0.1, 0.15) is 5.56 Å². The van der Waals surface area contributed by atoms with Crippen LogP contribution in [0.4, 0.5) is 0 Å². The maximum absolute atomic E-state index is 4.70. The Bertz CT molecular complexity index is 1260. The summed E-state index contributed by atoms with van der Waals surface area (Å²) in [5, 5.41) is 0. The van der Waals surface area contributed by atoms with Crippen LogP contribution in [0.2, 0.25) is 0 Å². The van der Waals surface area contributed by atoms with Crippen molar-refractivity contribution >= 4 is 31.9 Å². The Kier molecular flexibility index (Phi) is 2.54. The molecular weight excluding hydrogens is 326 g/mol. The summed E-state index contributed by atoms with van der Waals surface area (Å²) < 4.78 is 6.07. The molecule has 25 heavy (non-hydrogen) atoms. The SMILES string of the molecule is c1ccc(-n2c3[n+](c4sc5cccnc5c42)Cc2ccccc2-3)cc1. The molecule has 0 spiro atoms. The molecule has 5 aromatic rings. The number of pyridine rings is 1. The van der Waals surface area contributed by atoms with E-state index in [1.54, 1.807) is 0 Å². The molecule has 3 nitrogen and oxygen atoms in total. The molecule has 0 fully saturated rings. The standard InChI is InChI=1S/C21H14N3S/c1-2-8-15(9-3-1)24-19-18-17(11-6-12-22-18)25-21(19)23-13-14-7-4-5-10-16(14)20(23)24/h1-12H,13H2/q+1. The molecule has 0 unspecified atom stereocenters. The predicted octanol–water partition coefficient (Wildman–Crippen LogP) is 4.56. The lowest BCUT2D eigenvalue weighted by Gasteiger charge is -2.01. The first-order valence-corrected chi connectivity index (χ1v) is 9.19. The number of hydrogen-bond acceptors (Lipinski definition) is 2. The van der Waals surface area contributed by atoms with E-state index < -0.39 is 0 Å². The van der Waals surface area contributed by atoms with Crippen molar-refractivity contribution in [2.24, 2.45) is 0 Å². The number of thiophene rings is 1. The molecule has 0 amide bonds. The molecule has 0 atom stereocenters. The number of fused-ring (bicyclic) bond motifs is 7. The van der Waals surface area contributed by atoms with E-state index >= 15 is 0 Å². The Morgan fingerprint density at radius 2 is 1.76 bits per heavy atom. The summed E-state index contributed by atoms with van der Waals surface area (Å²) in [4.78, 5) is 6.00. The van der Waals surface area contributed by atoms with Gasteiger partial charge in [0.2, 0.25) is 10.3 Å². The Balaban J connectivity index is 1.84. The zero-order valence-corrected chi connectivity index (χ0v) is 14.2. The van der Waals surface area contributed by atoms with E-state index in [1.165, 1.54) is 37.7 Å². The molecule has 4 heterocycles. The van der Waals surface area contributed by atoms with Crippen molar-refractivity contribution in [2.45, 2.75) is 6.54 Å². The van der Waals surface area contributed by atoms with Gasteiger partial charge in [-0.25, -0.2) is 4.57 Å². The maximum atomic E-state index is 4.70. The third-order valence-corrected chi connectivity index (χ3v) is 6.10. The average molecular weight is 340 g/mol. The summed E-state index contributed by atoms with van der Waals surface area (Å²) in [6, 6.07) is 23.5. The van der Waals surface area contributed by atoms with Crippen molar-refractivity contribution in [3.05, 3.63) is 78.5 Å². The number of nitrogens with zero attached hydrogens (tertiary/aromatic N) is 3. The minimum Gasteiger partial charge on any atom is -0.251 e. The van der Waals surface area contributed by atoms with Crippen molar-refractivity contribution in [1.82, 2.24) is 9.55 Å². The summed E-state index contributed by atoms with van der Waals surface area (Å²) in [6.45, 7) is 0.925. The summed E-state index contributed by atoms with van der Waals surface area (Å²) in [5.41, 5.74) is 6.19. The van der Waals surface area contributed by atoms with Crippen molar-refractivity contribution < 1.29 is 4.57 Å². The van der Waals surface area contributed by atoms with Gasteiger partial charge in [0.25, 0.3) is 5.82 Å². The fourth-order valence-corrected chi connectivity index (χ4v) is 5.05. The first-order chi connectivity index (χ1) is 12.4. The molecule has 1 aliphatic rings. The smallest absolute Gasteiger partial charge is 0.251 e. The van der Waals surface area contributed by atoms with Gasteiger partial charge in [0.1, 0.15) is 17.7 Å². The quantitative estimate of drug-likeness (QED) is 0.402. The zero-order chi connectivity index (χ0) is 16.4. The number of imidazole rings is 1. The van der Waals surface area contributed by atoms with E-state index in [4.69, 9.17) is 4.98 Å². The Labute approximate surface area is 148 Å². The second-order valence-corrected chi connectivity index (χ2v) is 7.37. The lowest BCUT2D eigenvalue weighted by molar-refractivity contribution is -0.643. The third-order valence-electron chi connectivity index (χ3n) is 4.94. The normalized spacial score (nSPS) is 12.6. The van der Waals surface area contributed by atoms with Gasteiger partial charge in [-0.15, -0.1) is 0 Å². The summed E-state index contributed by atoms with van der Waals surface area (Å²) in [6.07, 6.45) is 1.89. The first kappa shape index (κ1) is 13.3. The fourth-order valence-electron chi connectivity index (χ4n) is 3.90. The molecule has 3 aromatic heterocycles. The van der Waals surface area contributed by atoms with E-state index in [9.17, 15) is 0 Å². The summed E-state index contributed by atoms with van der Waals surface area (Å²) in [7, 11) is 0. The Morgan fingerprint density at radius 1 is 0.920 bits per heavy atom. The van der Waals surface area contributed by atoms with Gasteiger partial charge in [-0.2, -0.15) is 4.57 Å². The summed E-state index contributed by atoms with van der Waals surface area (Å²) >= 11 is 1.83. The second-order valence-electron chi connectivity index (χ2n) is 6.34.